The first-order chi connectivity index (χ1) is 12.7. The lowest BCUT2D eigenvalue weighted by Gasteiger charge is -2.24. The molecule has 10 heteroatoms. The van der Waals surface area contributed by atoms with Gasteiger partial charge in [-0.2, -0.15) is 4.31 Å². The number of hydrogen-bond acceptors (Lipinski definition) is 6. The van der Waals surface area contributed by atoms with Crippen LogP contribution in [-0.4, -0.2) is 65.4 Å². The number of rotatable bonds is 6. The smallest absolute Gasteiger partial charge is 0.243 e. The van der Waals surface area contributed by atoms with E-state index in [2.05, 4.69) is 4.98 Å². The summed E-state index contributed by atoms with van der Waals surface area (Å²) in [5.74, 6) is -1.46. The first-order valence-electron chi connectivity index (χ1n) is 8.77. The Kier molecular flexibility index (Phi) is 5.29. The Bertz CT molecular complexity index is 857. The summed E-state index contributed by atoms with van der Waals surface area (Å²) in [4.78, 5) is 41.5. The zero-order valence-corrected chi connectivity index (χ0v) is 15.8. The average Bonchev–Trinajstić information content (AvgIpc) is 3.21. The fourth-order valence-electron chi connectivity index (χ4n) is 3.64. The standard InChI is InChI=1S/C17H22N4O5S/c1-11(17(18)24)2-3-15(23)20-9-6-13-16(20)14(22)10-21(13)27(25,26)12-4-7-19-8-5-12/h4-5,7-8,11,13,16H,2-3,6,9-10H2,1H3,(H2,18,24). The minimum absolute atomic E-state index is 0.0750. The van der Waals surface area contributed by atoms with Gasteiger partial charge in [-0.3, -0.25) is 19.4 Å². The van der Waals surface area contributed by atoms with E-state index in [1.807, 2.05) is 0 Å². The summed E-state index contributed by atoms with van der Waals surface area (Å²) in [5, 5.41) is 0. The second kappa shape index (κ2) is 7.35. The fraction of sp³-hybridized carbons (Fsp3) is 0.529. The molecule has 27 heavy (non-hydrogen) atoms. The van der Waals surface area contributed by atoms with Crippen LogP contribution in [0.5, 0.6) is 0 Å². The van der Waals surface area contributed by atoms with Gasteiger partial charge in [-0.1, -0.05) is 6.92 Å². The van der Waals surface area contributed by atoms with Crippen LogP contribution >= 0.6 is 0 Å². The molecule has 3 heterocycles. The summed E-state index contributed by atoms with van der Waals surface area (Å²) < 4.78 is 26.9. The maximum atomic E-state index is 12.9. The molecule has 2 amide bonds. The van der Waals surface area contributed by atoms with Crippen molar-refractivity contribution in [1.29, 1.82) is 0 Å². The lowest BCUT2D eigenvalue weighted by atomic mass is 10.0. The molecule has 9 nitrogen and oxygen atoms in total. The zero-order chi connectivity index (χ0) is 19.8. The molecule has 2 N–H and O–H groups in total. The number of aromatic nitrogens is 1. The quantitative estimate of drug-likeness (QED) is 0.694. The van der Waals surface area contributed by atoms with E-state index < -0.39 is 33.9 Å². The molecule has 2 aliphatic rings. The predicted octanol–water partition coefficient (Wildman–Crippen LogP) is -0.474. The Balaban J connectivity index is 1.75. The number of likely N-dealkylation sites (tertiary alicyclic amines) is 1. The number of primary amides is 1. The summed E-state index contributed by atoms with van der Waals surface area (Å²) in [6.07, 6.45) is 3.56. The molecule has 0 radical (unpaired) electrons. The molecule has 2 saturated heterocycles. The first-order valence-corrected chi connectivity index (χ1v) is 10.2. The fourth-order valence-corrected chi connectivity index (χ4v) is 5.26. The minimum atomic E-state index is -3.84. The van der Waals surface area contributed by atoms with Crippen LogP contribution in [0.4, 0.5) is 0 Å². The van der Waals surface area contributed by atoms with Crippen molar-refractivity contribution in [2.75, 3.05) is 13.1 Å². The van der Waals surface area contributed by atoms with E-state index in [-0.39, 0.29) is 29.6 Å². The number of amides is 2. The van der Waals surface area contributed by atoms with Gasteiger partial charge in [-0.05, 0) is 25.0 Å². The van der Waals surface area contributed by atoms with Crippen LogP contribution in [-0.2, 0) is 24.4 Å². The van der Waals surface area contributed by atoms with Gasteiger partial charge in [0.1, 0.15) is 6.04 Å². The summed E-state index contributed by atoms with van der Waals surface area (Å²) >= 11 is 0. The molecule has 3 atom stereocenters. The summed E-state index contributed by atoms with van der Waals surface area (Å²) in [6.45, 7) is 1.71. The van der Waals surface area contributed by atoms with E-state index in [4.69, 9.17) is 5.73 Å². The third-order valence-corrected chi connectivity index (χ3v) is 7.12. The number of nitrogens with two attached hydrogens (primary N) is 1. The maximum absolute atomic E-state index is 12.9. The molecule has 2 aliphatic heterocycles. The van der Waals surface area contributed by atoms with Gasteiger partial charge < -0.3 is 10.6 Å². The van der Waals surface area contributed by atoms with Gasteiger partial charge in [0.05, 0.1) is 17.5 Å². The number of sulfonamides is 1. The van der Waals surface area contributed by atoms with Crippen LogP contribution in [0.15, 0.2) is 29.4 Å². The molecule has 1 aromatic rings. The molecule has 3 rings (SSSR count). The van der Waals surface area contributed by atoms with Gasteiger partial charge in [0.15, 0.2) is 5.78 Å². The van der Waals surface area contributed by atoms with E-state index in [1.165, 1.54) is 33.7 Å². The molecule has 3 unspecified atom stereocenters. The molecular formula is C17H22N4O5S. The largest absolute Gasteiger partial charge is 0.369 e. The van der Waals surface area contributed by atoms with E-state index in [0.29, 0.717) is 19.4 Å². The number of ketones is 1. The molecule has 0 spiro atoms. The van der Waals surface area contributed by atoms with Crippen LogP contribution in [0.2, 0.25) is 0 Å². The highest BCUT2D eigenvalue weighted by atomic mass is 32.2. The lowest BCUT2D eigenvalue weighted by molar-refractivity contribution is -0.136. The second-order valence-corrected chi connectivity index (χ2v) is 8.82. The van der Waals surface area contributed by atoms with Gasteiger partial charge in [0, 0.05) is 31.3 Å². The molecule has 0 aliphatic carbocycles. The van der Waals surface area contributed by atoms with Gasteiger partial charge in [0.2, 0.25) is 21.8 Å². The number of pyridine rings is 1. The Morgan fingerprint density at radius 3 is 2.63 bits per heavy atom. The van der Waals surface area contributed by atoms with E-state index >= 15 is 0 Å². The highest BCUT2D eigenvalue weighted by Gasteiger charge is 2.53. The van der Waals surface area contributed by atoms with Crippen molar-refractivity contribution in [3.05, 3.63) is 24.5 Å². The van der Waals surface area contributed by atoms with Crippen molar-refractivity contribution < 1.29 is 22.8 Å². The number of carbonyl (C=O) groups excluding carboxylic acids is 3. The van der Waals surface area contributed by atoms with Gasteiger partial charge >= 0.3 is 0 Å². The highest BCUT2D eigenvalue weighted by molar-refractivity contribution is 7.89. The SMILES string of the molecule is CC(CCC(=O)N1CCC2C1C(=O)CN2S(=O)(=O)c1ccncc1)C(N)=O. The van der Waals surface area contributed by atoms with Crippen LogP contribution in [0.3, 0.4) is 0 Å². The zero-order valence-electron chi connectivity index (χ0n) is 14.9. The van der Waals surface area contributed by atoms with Crippen LogP contribution < -0.4 is 5.73 Å². The summed E-state index contributed by atoms with van der Waals surface area (Å²) in [5.41, 5.74) is 5.21. The molecular weight excluding hydrogens is 372 g/mol. The van der Waals surface area contributed by atoms with Gasteiger partial charge in [0.25, 0.3) is 0 Å². The summed E-state index contributed by atoms with van der Waals surface area (Å²) in [6, 6.07) is 1.44. The Labute approximate surface area is 157 Å². The van der Waals surface area contributed by atoms with Crippen molar-refractivity contribution in [1.82, 2.24) is 14.2 Å². The van der Waals surface area contributed by atoms with Crippen molar-refractivity contribution in [2.45, 2.75) is 43.2 Å². The predicted molar refractivity (Wildman–Crippen MR) is 94.6 cm³/mol. The lowest BCUT2D eigenvalue weighted by Crippen LogP contribution is -2.43. The molecule has 1 aromatic heterocycles. The third-order valence-electron chi connectivity index (χ3n) is 5.23. The Hall–Kier alpha value is -2.33. The van der Waals surface area contributed by atoms with Gasteiger partial charge in [-0.25, -0.2) is 8.42 Å². The molecule has 0 bridgehead atoms. The van der Waals surface area contributed by atoms with Crippen molar-refractivity contribution in [2.24, 2.45) is 11.7 Å². The van der Waals surface area contributed by atoms with Crippen LogP contribution in [0.25, 0.3) is 0 Å². The van der Waals surface area contributed by atoms with Crippen molar-refractivity contribution >= 4 is 27.6 Å². The number of Topliss-reactive ketones (excluding diaryl/α,β-unsaturated/α-hetero) is 1. The monoisotopic (exact) mass is 394 g/mol. The number of fused-ring (bicyclic) bond motifs is 1. The Morgan fingerprint density at radius 1 is 1.33 bits per heavy atom. The molecule has 0 aromatic carbocycles. The second-order valence-electron chi connectivity index (χ2n) is 6.93. The van der Waals surface area contributed by atoms with E-state index in [0.717, 1.165) is 0 Å². The minimum Gasteiger partial charge on any atom is -0.369 e. The highest BCUT2D eigenvalue weighted by Crippen LogP contribution is 2.34. The molecule has 146 valence electrons. The average molecular weight is 394 g/mol. The molecule has 2 fully saturated rings. The first kappa shape index (κ1) is 19.4. The number of nitrogens with zero attached hydrogens (tertiary/aromatic N) is 3. The topological polar surface area (TPSA) is 131 Å². The van der Waals surface area contributed by atoms with Crippen molar-refractivity contribution in [3.63, 3.8) is 0 Å². The van der Waals surface area contributed by atoms with Crippen molar-refractivity contribution in [3.8, 4) is 0 Å². The molecule has 0 saturated carbocycles. The van der Waals surface area contributed by atoms with Crippen LogP contribution in [0, 0.1) is 5.92 Å². The van der Waals surface area contributed by atoms with Crippen LogP contribution in [0.1, 0.15) is 26.2 Å². The number of hydrogen-bond donors (Lipinski definition) is 1. The maximum Gasteiger partial charge on any atom is 0.243 e. The Morgan fingerprint density at radius 2 is 2.00 bits per heavy atom. The summed E-state index contributed by atoms with van der Waals surface area (Å²) in [7, 11) is -3.84. The third kappa shape index (κ3) is 3.59. The van der Waals surface area contributed by atoms with Gasteiger partial charge in [-0.15, -0.1) is 0 Å². The van der Waals surface area contributed by atoms with E-state index in [1.54, 1.807) is 6.92 Å². The normalized spacial score (nSPS) is 24.0. The number of carbonyl (C=O) groups is 3. The van der Waals surface area contributed by atoms with E-state index in [9.17, 15) is 22.8 Å².